The molecular formula is C45H53N4O8+. The average molecular weight is 778 g/mol. The number of para-hydroxylation sites is 2. The molecule has 0 aliphatic carbocycles. The van der Waals surface area contributed by atoms with Crippen molar-refractivity contribution in [3.05, 3.63) is 95.7 Å². The molecule has 2 aromatic rings. The first-order valence-corrected chi connectivity index (χ1v) is 20.1. The number of fused-ring (bicyclic) bond motifs is 2. The first-order valence-electron chi connectivity index (χ1n) is 20.1. The lowest BCUT2D eigenvalue weighted by molar-refractivity contribution is -0.438. The minimum atomic E-state index is -0.566. The van der Waals surface area contributed by atoms with Gasteiger partial charge in [-0.3, -0.25) is 19.2 Å². The summed E-state index contributed by atoms with van der Waals surface area (Å²) >= 11 is 0. The lowest BCUT2D eigenvalue weighted by atomic mass is 9.81. The number of carbonyl (C=O) groups is 6. The van der Waals surface area contributed by atoms with Crippen molar-refractivity contribution in [3.8, 4) is 0 Å². The molecule has 12 heteroatoms. The first kappa shape index (κ1) is 41.0. The number of nitrogens with zero attached hydrogens (tertiary/aromatic N) is 4. The summed E-state index contributed by atoms with van der Waals surface area (Å²) in [6.07, 6.45) is 15.6. The van der Waals surface area contributed by atoms with Crippen molar-refractivity contribution >= 4 is 52.7 Å². The fourth-order valence-electron chi connectivity index (χ4n) is 8.16. The number of hydrogen-bond donors (Lipinski definition) is 0. The lowest BCUT2D eigenvalue weighted by Crippen LogP contribution is -2.32. The Bertz CT molecular complexity index is 2030. The molecule has 0 saturated carbocycles. The normalized spacial score (nSPS) is 19.2. The van der Waals surface area contributed by atoms with E-state index >= 15 is 0 Å². The van der Waals surface area contributed by atoms with Crippen LogP contribution in [0.1, 0.15) is 116 Å². The van der Waals surface area contributed by atoms with Gasteiger partial charge in [-0.15, -0.1) is 10.1 Å². The van der Waals surface area contributed by atoms with Crippen LogP contribution >= 0.6 is 0 Å². The van der Waals surface area contributed by atoms with Gasteiger partial charge in [0.05, 0.1) is 5.41 Å². The summed E-state index contributed by atoms with van der Waals surface area (Å²) in [6.45, 7) is 10.5. The van der Waals surface area contributed by atoms with E-state index in [2.05, 4.69) is 116 Å². The van der Waals surface area contributed by atoms with Crippen molar-refractivity contribution in [2.45, 2.75) is 116 Å². The van der Waals surface area contributed by atoms with Crippen molar-refractivity contribution < 1.29 is 43.0 Å². The number of hydroxylamine groups is 4. The Hall–Kier alpha value is -5.65. The highest BCUT2D eigenvalue weighted by Gasteiger charge is 2.44. The van der Waals surface area contributed by atoms with Gasteiger partial charge < -0.3 is 14.6 Å². The van der Waals surface area contributed by atoms with Gasteiger partial charge in [-0.2, -0.15) is 4.58 Å². The van der Waals surface area contributed by atoms with Crippen molar-refractivity contribution in [2.75, 3.05) is 18.0 Å². The average Bonchev–Trinajstić information content (AvgIpc) is 3.82. The number of hydrogen-bond acceptors (Lipinski definition) is 9. The van der Waals surface area contributed by atoms with Gasteiger partial charge in [0.25, 0.3) is 23.6 Å². The summed E-state index contributed by atoms with van der Waals surface area (Å²) in [5, 5.41) is 1.21. The van der Waals surface area contributed by atoms with Crippen LogP contribution in [0.4, 0.5) is 11.4 Å². The Kier molecular flexibility index (Phi) is 12.7. The Morgan fingerprint density at radius 1 is 0.649 bits per heavy atom. The molecule has 0 bridgehead atoms. The van der Waals surface area contributed by atoms with Crippen LogP contribution in [-0.2, 0) is 49.3 Å². The summed E-state index contributed by atoms with van der Waals surface area (Å²) < 4.78 is 2.36. The summed E-state index contributed by atoms with van der Waals surface area (Å²) in [6, 6.07) is 16.9. The van der Waals surface area contributed by atoms with Crippen LogP contribution in [0.2, 0.25) is 0 Å². The standard InChI is InChI=1S/C45H53N4O8/c1-44(2)32-18-12-14-20-34(32)46(30-16-6-10-24-42(54)56-48-38(50)26-27-39(48)51)36(44)22-8-5-9-23-37-45(3,4)33-19-13-15-21-35(33)47(37)31-17-7-11-25-43(55)57-49-40(52)28-29-41(49)53/h5,8-9,12-15,18-23H,6-7,10-11,16-17,24-31H2,1-4H3/q+1. The monoisotopic (exact) mass is 777 g/mol. The van der Waals surface area contributed by atoms with Crippen LogP contribution in [0.15, 0.2) is 84.6 Å². The highest BCUT2D eigenvalue weighted by Crippen LogP contribution is 2.47. The van der Waals surface area contributed by atoms with Gasteiger partial charge in [0.2, 0.25) is 5.69 Å². The van der Waals surface area contributed by atoms with E-state index in [0.717, 1.165) is 38.8 Å². The van der Waals surface area contributed by atoms with Crippen molar-refractivity contribution in [1.29, 1.82) is 0 Å². The minimum absolute atomic E-state index is 0.0778. The predicted octanol–water partition coefficient (Wildman–Crippen LogP) is 7.19. The van der Waals surface area contributed by atoms with Gasteiger partial charge in [0.15, 0.2) is 5.71 Å². The van der Waals surface area contributed by atoms with Gasteiger partial charge in [0.1, 0.15) is 6.54 Å². The fraction of sp³-hybridized carbons (Fsp3) is 0.444. The number of amides is 4. The third kappa shape index (κ3) is 9.00. The molecular weight excluding hydrogens is 725 g/mol. The molecule has 0 radical (unpaired) electrons. The molecule has 0 spiro atoms. The van der Waals surface area contributed by atoms with Gasteiger partial charge in [-0.1, -0.05) is 74.9 Å². The molecule has 0 N–H and O–H groups in total. The molecule has 4 aliphatic heterocycles. The zero-order valence-corrected chi connectivity index (χ0v) is 33.5. The molecule has 4 aliphatic rings. The number of carbonyl (C=O) groups excluding carboxylic acids is 6. The Labute approximate surface area is 334 Å². The van der Waals surface area contributed by atoms with E-state index < -0.39 is 35.6 Å². The molecule has 2 saturated heterocycles. The van der Waals surface area contributed by atoms with E-state index in [-0.39, 0.29) is 49.4 Å². The molecule has 57 heavy (non-hydrogen) atoms. The van der Waals surface area contributed by atoms with Gasteiger partial charge in [-0.05, 0) is 57.2 Å². The molecule has 4 heterocycles. The maximum Gasteiger partial charge on any atom is 0.333 e. The summed E-state index contributed by atoms with van der Waals surface area (Å²) in [5.41, 5.74) is 6.80. The molecule has 0 unspecified atom stereocenters. The van der Waals surface area contributed by atoms with Crippen LogP contribution in [-0.4, -0.2) is 69.1 Å². The topological polar surface area (TPSA) is 134 Å². The van der Waals surface area contributed by atoms with Crippen LogP contribution in [0.3, 0.4) is 0 Å². The zero-order valence-electron chi connectivity index (χ0n) is 33.5. The number of unbranched alkanes of at least 4 members (excludes halogenated alkanes) is 4. The Balaban J connectivity index is 1.07. The van der Waals surface area contributed by atoms with Gasteiger partial charge >= 0.3 is 11.9 Å². The van der Waals surface area contributed by atoms with Crippen LogP contribution in [0.25, 0.3) is 0 Å². The number of benzene rings is 2. The highest BCUT2D eigenvalue weighted by atomic mass is 16.7. The summed E-state index contributed by atoms with van der Waals surface area (Å²) in [7, 11) is 0. The van der Waals surface area contributed by atoms with Crippen LogP contribution in [0.5, 0.6) is 0 Å². The third-order valence-corrected chi connectivity index (χ3v) is 11.3. The fourth-order valence-corrected chi connectivity index (χ4v) is 8.16. The van der Waals surface area contributed by atoms with Crippen molar-refractivity contribution in [2.24, 2.45) is 0 Å². The van der Waals surface area contributed by atoms with E-state index in [1.54, 1.807) is 0 Å². The molecule has 6 rings (SSSR count). The maximum atomic E-state index is 12.3. The van der Waals surface area contributed by atoms with Crippen LogP contribution in [0, 0.1) is 0 Å². The molecule has 12 nitrogen and oxygen atoms in total. The zero-order chi connectivity index (χ0) is 40.7. The van der Waals surface area contributed by atoms with Crippen molar-refractivity contribution in [3.63, 3.8) is 0 Å². The predicted molar refractivity (Wildman–Crippen MR) is 214 cm³/mol. The quantitative estimate of drug-likeness (QED) is 0.0708. The Morgan fingerprint density at radius 3 is 1.81 bits per heavy atom. The van der Waals surface area contributed by atoms with Crippen molar-refractivity contribution in [1.82, 2.24) is 10.1 Å². The third-order valence-electron chi connectivity index (χ3n) is 11.3. The van der Waals surface area contributed by atoms with E-state index in [4.69, 9.17) is 9.68 Å². The molecule has 300 valence electrons. The molecule has 0 aromatic heterocycles. The number of allylic oxidation sites excluding steroid dienone is 6. The largest absolute Gasteiger partial charge is 0.344 e. The Morgan fingerprint density at radius 2 is 1.19 bits per heavy atom. The van der Waals surface area contributed by atoms with Crippen LogP contribution < -0.4 is 4.90 Å². The first-order chi connectivity index (χ1) is 27.3. The maximum absolute atomic E-state index is 12.3. The summed E-state index contributed by atoms with van der Waals surface area (Å²) in [5.74, 6) is -3.01. The minimum Gasteiger partial charge on any atom is -0.344 e. The second-order valence-corrected chi connectivity index (χ2v) is 16.0. The highest BCUT2D eigenvalue weighted by molar-refractivity contribution is 6.03. The molecule has 2 aromatic carbocycles. The smallest absolute Gasteiger partial charge is 0.333 e. The molecule has 0 atom stereocenters. The van der Waals surface area contributed by atoms with E-state index in [1.807, 2.05) is 0 Å². The number of anilines is 1. The number of imide groups is 2. The van der Waals surface area contributed by atoms with Gasteiger partial charge in [-0.25, -0.2) is 9.59 Å². The second-order valence-electron chi connectivity index (χ2n) is 16.0. The van der Waals surface area contributed by atoms with E-state index in [0.29, 0.717) is 23.0 Å². The lowest BCUT2D eigenvalue weighted by Gasteiger charge is -2.27. The SMILES string of the molecule is CC1(C)C(=CC=CC=CC2=[N+](CCCCCC(=O)ON3C(=O)CCC3=O)c3ccccc3C2(C)C)N(CCCCCC(=O)ON2C(=O)CCC2=O)c2ccccc21. The second kappa shape index (κ2) is 17.7. The van der Waals surface area contributed by atoms with E-state index in [9.17, 15) is 28.8 Å². The van der Waals surface area contributed by atoms with E-state index in [1.165, 1.54) is 33.9 Å². The summed E-state index contributed by atoms with van der Waals surface area (Å²) in [4.78, 5) is 84.1. The van der Waals surface area contributed by atoms with Gasteiger partial charge in [0, 0.05) is 86.0 Å². The molecule has 4 amide bonds. The molecule has 2 fully saturated rings. The number of rotatable bonds is 17.